The number of rotatable bonds is 3. The van der Waals surface area contributed by atoms with E-state index < -0.39 is 0 Å². The summed E-state index contributed by atoms with van der Waals surface area (Å²) in [5.74, 6) is 0. The van der Waals surface area contributed by atoms with Crippen molar-refractivity contribution in [3.05, 3.63) is 20.8 Å². The molecule has 0 bridgehead atoms. The zero-order valence-corrected chi connectivity index (χ0v) is 12.1. The third kappa shape index (κ3) is 3.07. The Morgan fingerprint density at radius 1 is 1.54 bits per heavy atom. The fourth-order valence-corrected chi connectivity index (χ4v) is 4.43. The summed E-state index contributed by atoms with van der Waals surface area (Å²) in [5, 5.41) is 2.14. The summed E-state index contributed by atoms with van der Waals surface area (Å²) in [5.41, 5.74) is 0.260. The summed E-state index contributed by atoms with van der Waals surface area (Å²) in [6.45, 7) is 6.78. The molecule has 0 saturated heterocycles. The minimum atomic E-state index is 0.260. The standard InChI is InChI=1S/C10H14Br2S/c1-7(11)6-10(2,3)9-8(12)4-5-13-9/h4-5,7H,6H2,1-3H3. The Bertz CT molecular complexity index is 276. The van der Waals surface area contributed by atoms with Crippen LogP contribution in [-0.2, 0) is 5.41 Å². The van der Waals surface area contributed by atoms with Crippen LogP contribution < -0.4 is 0 Å². The molecule has 0 fully saturated rings. The number of hydrogen-bond donors (Lipinski definition) is 0. The highest BCUT2D eigenvalue weighted by atomic mass is 79.9. The fraction of sp³-hybridized carbons (Fsp3) is 0.600. The molecule has 1 rings (SSSR count). The Kier molecular flexibility index (Phi) is 4.02. The molecule has 3 heteroatoms. The lowest BCUT2D eigenvalue weighted by Gasteiger charge is -2.25. The number of hydrogen-bond acceptors (Lipinski definition) is 1. The molecule has 1 aromatic heterocycles. The zero-order valence-electron chi connectivity index (χ0n) is 8.10. The smallest absolute Gasteiger partial charge is 0.0319 e. The first-order chi connectivity index (χ1) is 5.93. The van der Waals surface area contributed by atoms with Gasteiger partial charge in [0, 0.05) is 19.6 Å². The summed E-state index contributed by atoms with van der Waals surface area (Å²) in [6.07, 6.45) is 1.16. The molecule has 0 spiro atoms. The summed E-state index contributed by atoms with van der Waals surface area (Å²) in [7, 11) is 0. The molecule has 0 nitrogen and oxygen atoms in total. The summed E-state index contributed by atoms with van der Waals surface area (Å²) in [6, 6.07) is 2.13. The minimum absolute atomic E-state index is 0.260. The Morgan fingerprint density at radius 2 is 2.15 bits per heavy atom. The van der Waals surface area contributed by atoms with Gasteiger partial charge < -0.3 is 0 Å². The molecule has 0 aliphatic heterocycles. The summed E-state index contributed by atoms with van der Waals surface area (Å²) >= 11 is 9.03. The van der Waals surface area contributed by atoms with Gasteiger partial charge in [-0.2, -0.15) is 0 Å². The SMILES string of the molecule is CC(Br)CC(C)(C)c1sccc1Br. The van der Waals surface area contributed by atoms with Crippen LogP contribution in [0.15, 0.2) is 15.9 Å². The van der Waals surface area contributed by atoms with Crippen molar-refractivity contribution < 1.29 is 0 Å². The van der Waals surface area contributed by atoms with Crippen molar-refractivity contribution in [2.45, 2.75) is 37.4 Å². The monoisotopic (exact) mass is 324 g/mol. The van der Waals surface area contributed by atoms with Crippen LogP contribution in [0.2, 0.25) is 0 Å². The Morgan fingerprint density at radius 3 is 2.54 bits per heavy atom. The van der Waals surface area contributed by atoms with E-state index in [0.717, 1.165) is 6.42 Å². The van der Waals surface area contributed by atoms with Crippen LogP contribution in [0, 0.1) is 0 Å². The van der Waals surface area contributed by atoms with Gasteiger partial charge in [-0.25, -0.2) is 0 Å². The highest BCUT2D eigenvalue weighted by Crippen LogP contribution is 2.38. The van der Waals surface area contributed by atoms with E-state index in [9.17, 15) is 0 Å². The normalized spacial score (nSPS) is 14.5. The average molecular weight is 326 g/mol. The van der Waals surface area contributed by atoms with Crippen molar-refractivity contribution in [1.29, 1.82) is 0 Å². The van der Waals surface area contributed by atoms with Gasteiger partial charge in [-0.3, -0.25) is 0 Å². The molecule has 1 atom stereocenters. The van der Waals surface area contributed by atoms with Crippen LogP contribution in [0.4, 0.5) is 0 Å². The Labute approximate surface area is 101 Å². The molecule has 0 amide bonds. The molecule has 1 aromatic rings. The van der Waals surface area contributed by atoms with Gasteiger partial charge in [0.05, 0.1) is 0 Å². The van der Waals surface area contributed by atoms with Gasteiger partial charge in [-0.1, -0.05) is 36.7 Å². The van der Waals surface area contributed by atoms with Gasteiger partial charge in [0.2, 0.25) is 0 Å². The van der Waals surface area contributed by atoms with E-state index in [1.165, 1.54) is 9.35 Å². The summed E-state index contributed by atoms with van der Waals surface area (Å²) < 4.78 is 1.25. The molecular weight excluding hydrogens is 312 g/mol. The van der Waals surface area contributed by atoms with E-state index >= 15 is 0 Å². The van der Waals surface area contributed by atoms with Crippen LogP contribution in [0.5, 0.6) is 0 Å². The second-order valence-electron chi connectivity index (χ2n) is 3.97. The van der Waals surface area contributed by atoms with E-state index in [4.69, 9.17) is 0 Å². The molecular formula is C10H14Br2S. The molecule has 74 valence electrons. The van der Waals surface area contributed by atoms with Gasteiger partial charge in [0.25, 0.3) is 0 Å². The van der Waals surface area contributed by atoms with Gasteiger partial charge in [-0.15, -0.1) is 11.3 Å². The second kappa shape index (κ2) is 4.45. The predicted molar refractivity (Wildman–Crippen MR) is 68.1 cm³/mol. The van der Waals surface area contributed by atoms with Gasteiger partial charge in [0.15, 0.2) is 0 Å². The first kappa shape index (κ1) is 11.7. The van der Waals surface area contributed by atoms with Crippen molar-refractivity contribution in [2.24, 2.45) is 0 Å². The van der Waals surface area contributed by atoms with E-state index in [1.807, 2.05) is 11.3 Å². The summed E-state index contributed by atoms with van der Waals surface area (Å²) in [4.78, 5) is 2.01. The maximum absolute atomic E-state index is 3.61. The maximum Gasteiger partial charge on any atom is 0.0319 e. The topological polar surface area (TPSA) is 0 Å². The zero-order chi connectivity index (χ0) is 10.1. The number of thiophene rings is 1. The van der Waals surface area contributed by atoms with E-state index in [0.29, 0.717) is 4.83 Å². The van der Waals surface area contributed by atoms with Gasteiger partial charge in [0.1, 0.15) is 0 Å². The lowest BCUT2D eigenvalue weighted by atomic mass is 9.86. The molecule has 0 aromatic carbocycles. The number of alkyl halides is 1. The lowest BCUT2D eigenvalue weighted by Crippen LogP contribution is -2.19. The van der Waals surface area contributed by atoms with Gasteiger partial charge >= 0.3 is 0 Å². The fourth-order valence-electron chi connectivity index (χ4n) is 1.57. The van der Waals surface area contributed by atoms with E-state index in [1.54, 1.807) is 0 Å². The average Bonchev–Trinajstić information content (AvgIpc) is 2.32. The highest BCUT2D eigenvalue weighted by Gasteiger charge is 2.25. The molecule has 0 N–H and O–H groups in total. The van der Waals surface area contributed by atoms with Crippen LogP contribution in [0.3, 0.4) is 0 Å². The molecule has 0 saturated carbocycles. The first-order valence-corrected chi connectivity index (χ1v) is 6.90. The van der Waals surface area contributed by atoms with Gasteiger partial charge in [-0.05, 0) is 33.8 Å². The highest BCUT2D eigenvalue weighted by molar-refractivity contribution is 9.10. The third-order valence-corrected chi connectivity index (χ3v) is 4.55. The quantitative estimate of drug-likeness (QED) is 0.689. The molecule has 1 unspecified atom stereocenters. The molecule has 1 heterocycles. The first-order valence-electron chi connectivity index (χ1n) is 4.31. The lowest BCUT2D eigenvalue weighted by molar-refractivity contribution is 0.490. The Balaban J connectivity index is 2.87. The molecule has 0 aliphatic rings. The predicted octanol–water partition coefficient (Wildman–Crippen LogP) is 4.96. The largest absolute Gasteiger partial charge is 0.147 e. The number of halogens is 2. The van der Waals surface area contributed by atoms with E-state index in [2.05, 4.69) is 64.1 Å². The minimum Gasteiger partial charge on any atom is -0.147 e. The van der Waals surface area contributed by atoms with Crippen molar-refractivity contribution in [3.8, 4) is 0 Å². The van der Waals surface area contributed by atoms with Crippen LogP contribution in [0.1, 0.15) is 32.1 Å². The van der Waals surface area contributed by atoms with Crippen LogP contribution in [0.25, 0.3) is 0 Å². The van der Waals surface area contributed by atoms with Crippen molar-refractivity contribution in [3.63, 3.8) is 0 Å². The molecule has 0 aliphatic carbocycles. The van der Waals surface area contributed by atoms with Crippen LogP contribution in [-0.4, -0.2) is 4.83 Å². The molecule has 0 radical (unpaired) electrons. The second-order valence-corrected chi connectivity index (χ2v) is 7.30. The third-order valence-electron chi connectivity index (χ3n) is 2.02. The maximum atomic E-state index is 3.61. The van der Waals surface area contributed by atoms with Crippen LogP contribution >= 0.6 is 43.2 Å². The molecule has 13 heavy (non-hydrogen) atoms. The van der Waals surface area contributed by atoms with E-state index in [-0.39, 0.29) is 5.41 Å². The Hall–Kier alpha value is 0.660. The van der Waals surface area contributed by atoms with Crippen molar-refractivity contribution in [1.82, 2.24) is 0 Å². The van der Waals surface area contributed by atoms with Crippen molar-refractivity contribution >= 4 is 43.2 Å². The van der Waals surface area contributed by atoms with Crippen molar-refractivity contribution in [2.75, 3.05) is 0 Å².